The number of sulfonamides is 1. The molecule has 31 heavy (non-hydrogen) atoms. The quantitative estimate of drug-likeness (QED) is 0.613. The second-order valence-corrected chi connectivity index (χ2v) is 9.83. The van der Waals surface area contributed by atoms with Gasteiger partial charge in [0.15, 0.2) is 5.03 Å². The summed E-state index contributed by atoms with van der Waals surface area (Å²) in [6.45, 7) is 2.65. The minimum Gasteiger partial charge on any atom is -0.343 e. The van der Waals surface area contributed by atoms with Gasteiger partial charge in [0.05, 0.1) is 6.33 Å². The van der Waals surface area contributed by atoms with Gasteiger partial charge in [0.25, 0.3) is 10.0 Å². The maximum Gasteiger partial charge on any atom is 0.262 e. The molecule has 1 aliphatic rings. The van der Waals surface area contributed by atoms with Gasteiger partial charge in [-0.3, -0.25) is 4.79 Å². The van der Waals surface area contributed by atoms with Gasteiger partial charge in [-0.1, -0.05) is 48.5 Å². The predicted octanol–water partition coefficient (Wildman–Crippen LogP) is 2.47. The Hall–Kier alpha value is -2.97. The summed E-state index contributed by atoms with van der Waals surface area (Å²) in [5, 5.41) is -0.0361. The molecule has 8 heteroatoms. The number of hydrogen-bond acceptors (Lipinski definition) is 4. The largest absolute Gasteiger partial charge is 0.343 e. The minimum atomic E-state index is -3.88. The summed E-state index contributed by atoms with van der Waals surface area (Å²) < 4.78 is 29.4. The lowest BCUT2D eigenvalue weighted by Crippen LogP contribution is -2.58. The SMILES string of the molecule is Cc1ccccc1-c1cccc(C[C@@H]2C(=O)N(C)CCN2S(=O)(=O)c2cn(C)cn2)c1. The zero-order chi connectivity index (χ0) is 22.2. The summed E-state index contributed by atoms with van der Waals surface area (Å²) in [7, 11) is -0.452. The van der Waals surface area contributed by atoms with Crippen molar-refractivity contribution in [3.8, 4) is 11.1 Å². The van der Waals surface area contributed by atoms with Gasteiger partial charge in [-0.25, -0.2) is 13.4 Å². The van der Waals surface area contributed by atoms with Gasteiger partial charge in [-0.15, -0.1) is 0 Å². The Kier molecular flexibility index (Phi) is 5.68. The molecule has 1 atom stereocenters. The highest BCUT2D eigenvalue weighted by Crippen LogP contribution is 2.27. The van der Waals surface area contributed by atoms with Crippen molar-refractivity contribution < 1.29 is 13.2 Å². The summed E-state index contributed by atoms with van der Waals surface area (Å²) >= 11 is 0. The summed E-state index contributed by atoms with van der Waals surface area (Å²) in [6, 6.07) is 15.3. The van der Waals surface area contributed by atoms with Crippen LogP contribution in [0.1, 0.15) is 11.1 Å². The average molecular weight is 439 g/mol. The highest BCUT2D eigenvalue weighted by atomic mass is 32.2. The first kappa shape index (κ1) is 21.3. The number of aromatic nitrogens is 2. The van der Waals surface area contributed by atoms with Crippen molar-refractivity contribution in [1.82, 2.24) is 18.8 Å². The van der Waals surface area contributed by atoms with E-state index < -0.39 is 16.1 Å². The first-order valence-electron chi connectivity index (χ1n) is 10.2. The predicted molar refractivity (Wildman–Crippen MR) is 119 cm³/mol. The van der Waals surface area contributed by atoms with E-state index in [4.69, 9.17) is 0 Å². The smallest absolute Gasteiger partial charge is 0.262 e. The van der Waals surface area contributed by atoms with E-state index in [9.17, 15) is 13.2 Å². The van der Waals surface area contributed by atoms with Crippen molar-refractivity contribution in [1.29, 1.82) is 0 Å². The zero-order valence-electron chi connectivity index (χ0n) is 17.9. The Morgan fingerprint density at radius 3 is 2.55 bits per heavy atom. The monoisotopic (exact) mass is 438 g/mol. The Bertz CT molecular complexity index is 1220. The van der Waals surface area contributed by atoms with Crippen LogP contribution in [-0.4, -0.2) is 59.3 Å². The summed E-state index contributed by atoms with van der Waals surface area (Å²) in [5.74, 6) is -0.202. The fraction of sp³-hybridized carbons (Fsp3) is 0.304. The average Bonchev–Trinajstić information content (AvgIpc) is 3.19. The molecule has 162 valence electrons. The molecular weight excluding hydrogens is 412 g/mol. The molecule has 2 aromatic carbocycles. The number of hydrogen-bond donors (Lipinski definition) is 0. The normalized spacial score (nSPS) is 17.8. The number of amides is 1. The second-order valence-electron chi connectivity index (χ2n) is 7.99. The van der Waals surface area contributed by atoms with Gasteiger partial charge in [-0.05, 0) is 35.6 Å². The fourth-order valence-electron chi connectivity index (χ4n) is 4.00. The number of aryl methyl sites for hydroxylation is 2. The third-order valence-electron chi connectivity index (χ3n) is 5.73. The zero-order valence-corrected chi connectivity index (χ0v) is 18.7. The van der Waals surface area contributed by atoms with E-state index in [2.05, 4.69) is 24.0 Å². The van der Waals surface area contributed by atoms with Crippen molar-refractivity contribution in [2.45, 2.75) is 24.4 Å². The third kappa shape index (κ3) is 4.13. The van der Waals surface area contributed by atoms with Gasteiger partial charge in [0, 0.05) is 33.4 Å². The van der Waals surface area contributed by atoms with Crippen molar-refractivity contribution in [2.75, 3.05) is 20.1 Å². The van der Waals surface area contributed by atoms with E-state index in [-0.39, 0.29) is 17.5 Å². The molecule has 4 rings (SSSR count). The van der Waals surface area contributed by atoms with E-state index in [0.717, 1.165) is 22.3 Å². The Balaban J connectivity index is 1.68. The van der Waals surface area contributed by atoms with Crippen LogP contribution in [0.5, 0.6) is 0 Å². The molecular formula is C23H26N4O3S. The molecule has 3 aromatic rings. The van der Waals surface area contributed by atoms with Gasteiger partial charge in [0.2, 0.25) is 5.91 Å². The maximum atomic E-state index is 13.3. The van der Waals surface area contributed by atoms with Gasteiger partial charge in [0.1, 0.15) is 6.04 Å². The lowest BCUT2D eigenvalue weighted by molar-refractivity contribution is -0.137. The Labute approximate surface area is 183 Å². The Morgan fingerprint density at radius 2 is 1.84 bits per heavy atom. The van der Waals surface area contributed by atoms with Crippen LogP contribution >= 0.6 is 0 Å². The van der Waals surface area contributed by atoms with E-state index in [1.807, 2.05) is 36.4 Å². The van der Waals surface area contributed by atoms with Crippen LogP contribution in [0.15, 0.2) is 66.1 Å². The van der Waals surface area contributed by atoms with Crippen LogP contribution in [0.2, 0.25) is 0 Å². The number of carbonyl (C=O) groups is 1. The molecule has 1 aromatic heterocycles. The minimum absolute atomic E-state index is 0.0361. The van der Waals surface area contributed by atoms with Crippen LogP contribution in [0.25, 0.3) is 11.1 Å². The number of imidazole rings is 1. The topological polar surface area (TPSA) is 75.5 Å². The lowest BCUT2D eigenvalue weighted by atomic mass is 9.96. The molecule has 1 amide bonds. The first-order valence-corrected chi connectivity index (χ1v) is 11.6. The summed E-state index contributed by atoms with van der Waals surface area (Å²) in [5.41, 5.74) is 4.24. The molecule has 0 bridgehead atoms. The van der Waals surface area contributed by atoms with Crippen LogP contribution in [0.3, 0.4) is 0 Å². The molecule has 0 aliphatic carbocycles. The molecule has 0 spiro atoms. The van der Waals surface area contributed by atoms with Gasteiger partial charge in [-0.2, -0.15) is 4.31 Å². The van der Waals surface area contributed by atoms with E-state index in [1.165, 1.54) is 16.8 Å². The fourth-order valence-corrected chi connectivity index (χ4v) is 5.54. The first-order chi connectivity index (χ1) is 14.8. The Morgan fingerprint density at radius 1 is 1.06 bits per heavy atom. The molecule has 1 fully saturated rings. The molecule has 7 nitrogen and oxygen atoms in total. The summed E-state index contributed by atoms with van der Waals surface area (Å²) in [6.07, 6.45) is 3.22. The van der Waals surface area contributed by atoms with Gasteiger partial charge < -0.3 is 9.47 Å². The van der Waals surface area contributed by atoms with Crippen molar-refractivity contribution in [2.24, 2.45) is 7.05 Å². The molecule has 1 saturated heterocycles. The summed E-state index contributed by atoms with van der Waals surface area (Å²) in [4.78, 5) is 18.6. The number of nitrogens with zero attached hydrogens (tertiary/aromatic N) is 4. The van der Waals surface area contributed by atoms with E-state index >= 15 is 0 Å². The maximum absolute atomic E-state index is 13.3. The highest BCUT2D eigenvalue weighted by Gasteiger charge is 2.41. The molecule has 1 aliphatic heterocycles. The van der Waals surface area contributed by atoms with Crippen LogP contribution < -0.4 is 0 Å². The van der Waals surface area contributed by atoms with Gasteiger partial charge >= 0.3 is 0 Å². The third-order valence-corrected chi connectivity index (χ3v) is 7.52. The molecule has 0 saturated carbocycles. The van der Waals surface area contributed by atoms with E-state index in [0.29, 0.717) is 13.0 Å². The lowest BCUT2D eigenvalue weighted by Gasteiger charge is -2.37. The van der Waals surface area contributed by atoms with Crippen LogP contribution in [0, 0.1) is 6.92 Å². The molecule has 2 heterocycles. The van der Waals surface area contributed by atoms with Crippen molar-refractivity contribution >= 4 is 15.9 Å². The number of benzene rings is 2. The van der Waals surface area contributed by atoms with Crippen LogP contribution in [-0.2, 0) is 28.3 Å². The van der Waals surface area contributed by atoms with Crippen LogP contribution in [0.4, 0.5) is 0 Å². The molecule has 0 radical (unpaired) electrons. The number of rotatable bonds is 5. The standard InChI is InChI=1S/C23H26N4O3S/c1-17-7-4-5-10-20(17)19-9-6-8-18(13-19)14-21-23(28)26(3)11-12-27(21)31(29,30)22-15-25(2)16-24-22/h4-10,13,15-16,21H,11-12,14H2,1-3H3/t21-/m1/s1. The highest BCUT2D eigenvalue weighted by molar-refractivity contribution is 7.89. The number of likely N-dealkylation sites (N-methyl/N-ethyl adjacent to an activating group) is 1. The number of piperazine rings is 1. The van der Waals surface area contributed by atoms with Crippen molar-refractivity contribution in [3.05, 3.63) is 72.2 Å². The second kappa shape index (κ2) is 8.28. The number of carbonyl (C=O) groups excluding carboxylic acids is 1. The van der Waals surface area contributed by atoms with Crippen molar-refractivity contribution in [3.63, 3.8) is 0 Å². The van der Waals surface area contributed by atoms with E-state index in [1.54, 1.807) is 23.6 Å². The molecule has 0 unspecified atom stereocenters. The molecule has 0 N–H and O–H groups in total.